The van der Waals surface area contributed by atoms with Gasteiger partial charge in [0.25, 0.3) is 5.91 Å². The highest BCUT2D eigenvalue weighted by molar-refractivity contribution is 7.17. The third kappa shape index (κ3) is 7.61. The summed E-state index contributed by atoms with van der Waals surface area (Å²) in [4.78, 5) is 72.6. The maximum absolute atomic E-state index is 14.0. The molecule has 0 aliphatic carbocycles. The highest BCUT2D eigenvalue weighted by Gasteiger charge is 2.39. The Balaban J connectivity index is 0.938. The molecule has 4 N–H and O–H groups in total. The molecular formula is C47H48N8O6S. The van der Waals surface area contributed by atoms with Crippen LogP contribution in [0.4, 0.5) is 9.59 Å². The molecule has 2 aliphatic heterocycles. The summed E-state index contributed by atoms with van der Waals surface area (Å²) in [6.07, 6.45) is 3.72. The summed E-state index contributed by atoms with van der Waals surface area (Å²) in [5.74, 6) is 0.987. The Hall–Kier alpha value is -6.74. The molecule has 318 valence electrons. The van der Waals surface area contributed by atoms with Crippen molar-refractivity contribution < 1.29 is 28.7 Å². The number of benzene rings is 4. The SMILES string of the molecule is COC(=O)N[C@H](C(=O)N1CCC[C@H]1c1nc2c(ccc3cc(-c4csc5cc(-c6cnc([C@@H]7CCCN7C(=O)[C@H](NC(=O)OC)c7ccccc7)[nH]6)ccc45)ccc32)[nH]1)C(C)C. The molecule has 4 aromatic carbocycles. The van der Waals surface area contributed by atoms with Gasteiger partial charge in [-0.1, -0.05) is 74.5 Å². The van der Waals surface area contributed by atoms with E-state index in [4.69, 9.17) is 19.4 Å². The summed E-state index contributed by atoms with van der Waals surface area (Å²) in [6.45, 7) is 4.96. The first kappa shape index (κ1) is 40.7. The molecule has 2 aliphatic rings. The summed E-state index contributed by atoms with van der Waals surface area (Å²) in [6, 6.07) is 24.2. The minimum absolute atomic E-state index is 0.114. The van der Waals surface area contributed by atoms with Crippen molar-refractivity contribution in [3.63, 3.8) is 0 Å². The van der Waals surface area contributed by atoms with Gasteiger partial charge in [-0.05, 0) is 71.7 Å². The lowest BCUT2D eigenvalue weighted by atomic mass is 9.99. The topological polar surface area (TPSA) is 175 Å². The Morgan fingerprint density at radius 3 is 2.21 bits per heavy atom. The number of nitrogens with one attached hydrogen (secondary N) is 4. The fourth-order valence-electron chi connectivity index (χ4n) is 9.00. The molecule has 14 nitrogen and oxygen atoms in total. The van der Waals surface area contributed by atoms with Crippen LogP contribution >= 0.6 is 11.3 Å². The van der Waals surface area contributed by atoms with Crippen molar-refractivity contribution in [2.75, 3.05) is 27.3 Å². The second kappa shape index (κ2) is 17.0. The molecule has 4 atom stereocenters. The third-order valence-corrected chi connectivity index (χ3v) is 13.1. The number of methoxy groups -OCH3 is 2. The van der Waals surface area contributed by atoms with E-state index < -0.39 is 24.3 Å². The summed E-state index contributed by atoms with van der Waals surface area (Å²) in [5, 5.41) is 10.9. The Bertz CT molecular complexity index is 2810. The van der Waals surface area contributed by atoms with Gasteiger partial charge in [-0.15, -0.1) is 11.3 Å². The zero-order chi connectivity index (χ0) is 43.1. The minimum atomic E-state index is -0.884. The van der Waals surface area contributed by atoms with Crippen LogP contribution in [0.5, 0.6) is 0 Å². The van der Waals surface area contributed by atoms with Crippen molar-refractivity contribution in [2.45, 2.75) is 63.7 Å². The molecule has 0 saturated carbocycles. The molecule has 4 amide bonds. The van der Waals surface area contributed by atoms with Gasteiger partial charge in [-0.25, -0.2) is 19.6 Å². The second-order valence-corrected chi connectivity index (χ2v) is 17.2. The number of likely N-dealkylation sites (tertiary alicyclic amines) is 2. The maximum Gasteiger partial charge on any atom is 0.407 e. The van der Waals surface area contributed by atoms with Crippen LogP contribution in [0.1, 0.15) is 74.9 Å². The first-order valence-electron chi connectivity index (χ1n) is 21.0. The zero-order valence-corrected chi connectivity index (χ0v) is 35.8. The highest BCUT2D eigenvalue weighted by Crippen LogP contribution is 2.40. The number of aromatic nitrogens is 4. The van der Waals surface area contributed by atoms with Gasteiger partial charge >= 0.3 is 12.2 Å². The number of imidazole rings is 2. The smallest absolute Gasteiger partial charge is 0.407 e. The number of amides is 4. The van der Waals surface area contributed by atoms with Crippen LogP contribution in [0.2, 0.25) is 0 Å². The molecule has 15 heteroatoms. The predicted octanol–water partition coefficient (Wildman–Crippen LogP) is 8.79. The van der Waals surface area contributed by atoms with Crippen LogP contribution in [0.15, 0.2) is 90.4 Å². The van der Waals surface area contributed by atoms with Crippen LogP contribution in [-0.2, 0) is 19.1 Å². The summed E-state index contributed by atoms with van der Waals surface area (Å²) < 4.78 is 10.8. The molecule has 0 spiro atoms. The number of hydrogen-bond donors (Lipinski definition) is 4. The molecular weight excluding hydrogens is 805 g/mol. The first-order chi connectivity index (χ1) is 30.1. The number of rotatable bonds is 10. The van der Waals surface area contributed by atoms with Crippen molar-refractivity contribution in [1.29, 1.82) is 0 Å². The second-order valence-electron chi connectivity index (χ2n) is 16.3. The van der Waals surface area contributed by atoms with E-state index in [0.717, 1.165) is 85.8 Å². The van der Waals surface area contributed by atoms with Crippen molar-refractivity contribution in [1.82, 2.24) is 40.4 Å². The summed E-state index contributed by atoms with van der Waals surface area (Å²) >= 11 is 1.69. The van der Waals surface area contributed by atoms with E-state index in [1.807, 2.05) is 61.3 Å². The maximum atomic E-state index is 14.0. The monoisotopic (exact) mass is 852 g/mol. The van der Waals surface area contributed by atoms with Gasteiger partial charge in [0, 0.05) is 39.7 Å². The molecule has 3 aromatic heterocycles. The Kier molecular flexibility index (Phi) is 11.1. The molecule has 7 aromatic rings. The number of hydrogen-bond acceptors (Lipinski definition) is 9. The van der Waals surface area contributed by atoms with Gasteiger partial charge in [0.05, 0.1) is 49.2 Å². The Morgan fingerprint density at radius 1 is 0.774 bits per heavy atom. The number of ether oxygens (including phenoxy) is 2. The van der Waals surface area contributed by atoms with Crippen molar-refractivity contribution >= 4 is 67.2 Å². The number of alkyl carbamates (subject to hydrolysis) is 2. The number of aromatic amines is 2. The van der Waals surface area contributed by atoms with Crippen LogP contribution in [0.3, 0.4) is 0 Å². The van der Waals surface area contributed by atoms with E-state index in [1.165, 1.54) is 14.2 Å². The van der Waals surface area contributed by atoms with Gasteiger partial charge < -0.3 is 39.9 Å². The number of fused-ring (bicyclic) bond motifs is 4. The van der Waals surface area contributed by atoms with Gasteiger partial charge in [0.15, 0.2) is 0 Å². The molecule has 9 rings (SSSR count). The normalized spacial score (nSPS) is 17.5. The molecule has 2 saturated heterocycles. The standard InChI is InChI=1S/C47H48N8O6S/c1-26(2)39(52-46(58)60-3)44(56)55-21-9-13-37(55)43-49-34-19-16-28-22-29(14-17-31(28)41(34)51-43)33-25-62-38-23-30(15-18-32(33)38)35-24-48-42(50-35)36-12-8-20-54(36)45(57)40(53-47(59)61-4)27-10-6-5-7-11-27/h5-7,10-11,14-19,22-26,36-37,39-40H,8-9,12-13,20-21H2,1-4H3,(H,48,50)(H,49,51)(H,52,58)(H,53,59)/t36-,37-,39-,40+/m0/s1. The first-order valence-corrected chi connectivity index (χ1v) is 21.8. The lowest BCUT2D eigenvalue weighted by Gasteiger charge is -2.29. The fourth-order valence-corrected chi connectivity index (χ4v) is 10.0. The average molecular weight is 853 g/mol. The Labute approximate surface area is 362 Å². The Morgan fingerprint density at radius 2 is 1.47 bits per heavy atom. The van der Waals surface area contributed by atoms with Crippen LogP contribution < -0.4 is 10.6 Å². The molecule has 5 heterocycles. The number of thiophene rings is 1. The highest BCUT2D eigenvalue weighted by atomic mass is 32.1. The summed E-state index contributed by atoms with van der Waals surface area (Å²) in [5.41, 5.74) is 6.53. The van der Waals surface area contributed by atoms with E-state index in [1.54, 1.807) is 16.2 Å². The molecule has 2 fully saturated rings. The van der Waals surface area contributed by atoms with Crippen LogP contribution in [0.25, 0.3) is 54.3 Å². The summed E-state index contributed by atoms with van der Waals surface area (Å²) in [7, 11) is 2.58. The number of carbonyl (C=O) groups is 4. The molecule has 0 radical (unpaired) electrons. The van der Waals surface area contributed by atoms with Crippen LogP contribution in [0, 0.1) is 5.92 Å². The fraction of sp³-hybridized carbons (Fsp3) is 0.319. The largest absolute Gasteiger partial charge is 0.453 e. The molecule has 62 heavy (non-hydrogen) atoms. The average Bonchev–Trinajstić information content (AvgIpc) is 4.15. The van der Waals surface area contributed by atoms with E-state index >= 15 is 0 Å². The van der Waals surface area contributed by atoms with E-state index in [0.29, 0.717) is 24.5 Å². The minimum Gasteiger partial charge on any atom is -0.453 e. The quantitative estimate of drug-likeness (QED) is 0.106. The third-order valence-electron chi connectivity index (χ3n) is 12.2. The number of nitrogens with zero attached hydrogens (tertiary/aromatic N) is 4. The predicted molar refractivity (Wildman–Crippen MR) is 238 cm³/mol. The van der Waals surface area contributed by atoms with Crippen molar-refractivity contribution in [3.05, 3.63) is 108 Å². The van der Waals surface area contributed by atoms with Crippen molar-refractivity contribution in [2.24, 2.45) is 5.92 Å². The van der Waals surface area contributed by atoms with Gasteiger partial charge in [-0.3, -0.25) is 9.59 Å². The molecule has 0 bridgehead atoms. The lowest BCUT2D eigenvalue weighted by Crippen LogP contribution is -2.51. The van der Waals surface area contributed by atoms with Gasteiger partial charge in [-0.2, -0.15) is 0 Å². The number of carbonyl (C=O) groups excluding carboxylic acids is 4. The lowest BCUT2D eigenvalue weighted by molar-refractivity contribution is -0.135. The van der Waals surface area contributed by atoms with E-state index in [-0.39, 0.29) is 29.8 Å². The van der Waals surface area contributed by atoms with Gasteiger partial charge in [0.2, 0.25) is 5.91 Å². The number of H-pyrrole nitrogens is 2. The van der Waals surface area contributed by atoms with Crippen LogP contribution in [-0.4, -0.2) is 87.1 Å². The zero-order valence-electron chi connectivity index (χ0n) is 34.9. The van der Waals surface area contributed by atoms with Crippen molar-refractivity contribution in [3.8, 4) is 22.4 Å². The van der Waals surface area contributed by atoms with E-state index in [2.05, 4.69) is 68.4 Å². The van der Waals surface area contributed by atoms with Gasteiger partial charge in [0.1, 0.15) is 23.7 Å². The van der Waals surface area contributed by atoms with E-state index in [9.17, 15) is 19.2 Å². The molecule has 0 unspecified atom stereocenters.